The monoisotopic (exact) mass is 309 g/mol. The molecule has 2 aliphatic rings. The summed E-state index contributed by atoms with van der Waals surface area (Å²) in [4.78, 5) is 14.0. The number of hydrogen-bond acceptors (Lipinski definition) is 3. The number of rotatable bonds is 3. The van der Waals surface area contributed by atoms with E-state index in [1.165, 1.54) is 17.1 Å². The number of hydrogen-bond donors (Lipinski definition) is 0. The number of hydrazone groups is 1. The summed E-state index contributed by atoms with van der Waals surface area (Å²) in [5, 5.41) is 5.35. The summed E-state index contributed by atoms with van der Waals surface area (Å²) < 4.78 is 32.2. The maximum absolute atomic E-state index is 13.4. The van der Waals surface area contributed by atoms with Crippen LogP contribution in [0.3, 0.4) is 0 Å². The maximum atomic E-state index is 13.4. The van der Waals surface area contributed by atoms with Crippen molar-refractivity contribution in [3.8, 4) is 0 Å². The minimum atomic E-state index is -0.658. The van der Waals surface area contributed by atoms with Crippen molar-refractivity contribution >= 4 is 12.2 Å². The molecule has 0 spiro atoms. The van der Waals surface area contributed by atoms with Crippen LogP contribution in [0.15, 0.2) is 23.3 Å². The van der Waals surface area contributed by atoms with Crippen molar-refractivity contribution in [3.05, 3.63) is 35.4 Å². The van der Waals surface area contributed by atoms with Crippen molar-refractivity contribution in [2.75, 3.05) is 19.7 Å². The first-order chi connectivity index (χ1) is 10.6. The summed E-state index contributed by atoms with van der Waals surface area (Å²) in [6.45, 7) is 3.55. The van der Waals surface area contributed by atoms with Gasteiger partial charge in [-0.05, 0) is 24.6 Å². The zero-order chi connectivity index (χ0) is 15.7. The van der Waals surface area contributed by atoms with Gasteiger partial charge in [-0.15, -0.1) is 0 Å². The van der Waals surface area contributed by atoms with Crippen molar-refractivity contribution in [2.24, 2.45) is 5.10 Å². The lowest BCUT2D eigenvalue weighted by atomic mass is 10.0. The second-order valence-electron chi connectivity index (χ2n) is 5.36. The van der Waals surface area contributed by atoms with Gasteiger partial charge in [0.25, 0.3) is 0 Å². The first kappa shape index (κ1) is 14.9. The summed E-state index contributed by atoms with van der Waals surface area (Å²) in [5.74, 6) is -1.32. The fourth-order valence-corrected chi connectivity index (χ4v) is 2.72. The Hall–Kier alpha value is -2.02. The standard InChI is InChI=1S/C15H17F2N3O2/c1-2-22-13-8-19(9-13)15(21)20-14(3-4-18-20)10-5-11(16)7-12(17)6-10/h4-7,13-14H,2-3,8-9H2,1H3. The molecule has 2 amide bonds. The Morgan fingerprint density at radius 3 is 2.64 bits per heavy atom. The van der Waals surface area contributed by atoms with E-state index in [2.05, 4.69) is 5.10 Å². The summed E-state index contributed by atoms with van der Waals surface area (Å²) >= 11 is 0. The van der Waals surface area contributed by atoms with Gasteiger partial charge in [0.2, 0.25) is 0 Å². The fourth-order valence-electron chi connectivity index (χ4n) is 2.72. The van der Waals surface area contributed by atoms with Crippen molar-refractivity contribution in [2.45, 2.75) is 25.5 Å². The van der Waals surface area contributed by atoms with E-state index in [1.54, 1.807) is 11.1 Å². The van der Waals surface area contributed by atoms with Gasteiger partial charge < -0.3 is 9.64 Å². The molecule has 1 aromatic rings. The van der Waals surface area contributed by atoms with Gasteiger partial charge in [0.05, 0.1) is 25.2 Å². The van der Waals surface area contributed by atoms with Gasteiger partial charge in [-0.25, -0.2) is 18.6 Å². The molecule has 0 radical (unpaired) electrons. The predicted molar refractivity (Wildman–Crippen MR) is 76.4 cm³/mol. The zero-order valence-electron chi connectivity index (χ0n) is 12.2. The lowest BCUT2D eigenvalue weighted by molar-refractivity contribution is -0.0373. The molecular weight excluding hydrogens is 292 g/mol. The molecule has 1 fully saturated rings. The van der Waals surface area contributed by atoms with Gasteiger partial charge in [0, 0.05) is 25.3 Å². The summed E-state index contributed by atoms with van der Waals surface area (Å²) in [6, 6.07) is 2.56. The number of amides is 2. The number of carbonyl (C=O) groups excluding carboxylic acids is 1. The first-order valence-corrected chi connectivity index (χ1v) is 7.26. The van der Waals surface area contributed by atoms with Crippen LogP contribution in [0.5, 0.6) is 0 Å². The molecule has 0 saturated carbocycles. The SMILES string of the molecule is CCOC1CN(C(=O)N2N=CCC2c2cc(F)cc(F)c2)C1. The third-order valence-electron chi connectivity index (χ3n) is 3.82. The summed E-state index contributed by atoms with van der Waals surface area (Å²) in [5.41, 5.74) is 0.408. The average Bonchev–Trinajstić information content (AvgIpc) is 2.90. The number of halogens is 2. The van der Waals surface area contributed by atoms with Crippen molar-refractivity contribution in [1.82, 2.24) is 9.91 Å². The third kappa shape index (κ3) is 2.81. The van der Waals surface area contributed by atoms with Crippen LogP contribution in [0, 0.1) is 11.6 Å². The lowest BCUT2D eigenvalue weighted by Gasteiger charge is -2.40. The molecule has 1 saturated heterocycles. The maximum Gasteiger partial charge on any atom is 0.341 e. The Morgan fingerprint density at radius 2 is 2.00 bits per heavy atom. The van der Waals surface area contributed by atoms with Crippen LogP contribution in [-0.2, 0) is 4.74 Å². The fraction of sp³-hybridized carbons (Fsp3) is 0.467. The molecule has 1 atom stereocenters. The van der Waals surface area contributed by atoms with E-state index >= 15 is 0 Å². The highest BCUT2D eigenvalue weighted by atomic mass is 19.1. The highest BCUT2D eigenvalue weighted by Gasteiger charge is 2.38. The molecule has 5 nitrogen and oxygen atoms in total. The molecular formula is C15H17F2N3O2. The Balaban J connectivity index is 1.70. The third-order valence-corrected chi connectivity index (χ3v) is 3.82. The van der Waals surface area contributed by atoms with Crippen molar-refractivity contribution < 1.29 is 18.3 Å². The largest absolute Gasteiger partial charge is 0.375 e. The molecule has 1 unspecified atom stereocenters. The smallest absolute Gasteiger partial charge is 0.341 e. The second-order valence-corrected chi connectivity index (χ2v) is 5.36. The predicted octanol–water partition coefficient (Wildman–Crippen LogP) is 2.54. The lowest BCUT2D eigenvalue weighted by Crippen LogP contribution is -2.57. The molecule has 7 heteroatoms. The Kier molecular flexibility index (Phi) is 4.06. The number of carbonyl (C=O) groups is 1. The van der Waals surface area contributed by atoms with Crippen LogP contribution in [0.4, 0.5) is 13.6 Å². The zero-order valence-corrected chi connectivity index (χ0v) is 12.2. The molecule has 2 aliphatic heterocycles. The minimum absolute atomic E-state index is 0.0607. The van der Waals surface area contributed by atoms with Crippen LogP contribution in [-0.4, -0.2) is 48.0 Å². The molecule has 0 bridgehead atoms. The number of nitrogens with zero attached hydrogens (tertiary/aromatic N) is 3. The molecule has 1 aromatic carbocycles. The van der Waals surface area contributed by atoms with E-state index in [4.69, 9.17) is 4.74 Å². The van der Waals surface area contributed by atoms with Crippen LogP contribution in [0.2, 0.25) is 0 Å². The van der Waals surface area contributed by atoms with E-state index in [-0.39, 0.29) is 12.1 Å². The number of benzene rings is 1. The first-order valence-electron chi connectivity index (χ1n) is 7.26. The van der Waals surface area contributed by atoms with E-state index in [1.807, 2.05) is 6.92 Å². The molecule has 3 rings (SSSR count). The van der Waals surface area contributed by atoms with Gasteiger partial charge in [-0.2, -0.15) is 5.10 Å². The van der Waals surface area contributed by atoms with Crippen molar-refractivity contribution in [3.63, 3.8) is 0 Å². The number of ether oxygens (including phenoxy) is 1. The summed E-state index contributed by atoms with van der Waals surface area (Å²) in [6.07, 6.45) is 2.09. The number of urea groups is 1. The molecule has 0 N–H and O–H groups in total. The van der Waals surface area contributed by atoms with Crippen LogP contribution in [0.1, 0.15) is 24.9 Å². The summed E-state index contributed by atoms with van der Waals surface area (Å²) in [7, 11) is 0. The Bertz CT molecular complexity index is 582. The molecule has 0 aromatic heterocycles. The van der Waals surface area contributed by atoms with Gasteiger partial charge in [-0.1, -0.05) is 0 Å². The van der Waals surface area contributed by atoms with Gasteiger partial charge in [0.15, 0.2) is 0 Å². The van der Waals surface area contributed by atoms with Gasteiger partial charge >= 0.3 is 6.03 Å². The van der Waals surface area contributed by atoms with Crippen LogP contribution < -0.4 is 0 Å². The molecule has 0 aliphatic carbocycles. The number of likely N-dealkylation sites (tertiary alicyclic amines) is 1. The van der Waals surface area contributed by atoms with E-state index < -0.39 is 17.7 Å². The second kappa shape index (κ2) is 6.00. The normalized spacial score (nSPS) is 21.3. The van der Waals surface area contributed by atoms with Gasteiger partial charge in [0.1, 0.15) is 11.6 Å². The van der Waals surface area contributed by atoms with Crippen LogP contribution in [0.25, 0.3) is 0 Å². The minimum Gasteiger partial charge on any atom is -0.375 e. The Morgan fingerprint density at radius 1 is 1.32 bits per heavy atom. The highest BCUT2D eigenvalue weighted by Crippen LogP contribution is 2.31. The topological polar surface area (TPSA) is 45.1 Å². The highest BCUT2D eigenvalue weighted by molar-refractivity contribution is 5.79. The molecule has 22 heavy (non-hydrogen) atoms. The van der Waals surface area contributed by atoms with Gasteiger partial charge in [-0.3, -0.25) is 0 Å². The van der Waals surface area contributed by atoms with Crippen LogP contribution >= 0.6 is 0 Å². The molecule has 2 heterocycles. The van der Waals surface area contributed by atoms with E-state index in [0.29, 0.717) is 31.7 Å². The quantitative estimate of drug-likeness (QED) is 0.861. The Labute approximate surface area is 127 Å². The average molecular weight is 309 g/mol. The van der Waals surface area contributed by atoms with Crippen molar-refractivity contribution in [1.29, 1.82) is 0 Å². The molecule has 118 valence electrons. The van der Waals surface area contributed by atoms with E-state index in [9.17, 15) is 13.6 Å². The van der Waals surface area contributed by atoms with E-state index in [0.717, 1.165) is 6.07 Å².